The van der Waals surface area contributed by atoms with E-state index in [0.29, 0.717) is 11.9 Å². The number of nitrogens with zero attached hydrogens (tertiary/aromatic N) is 3. The number of aryl methyl sites for hydroxylation is 2. The van der Waals surface area contributed by atoms with Crippen LogP contribution in [0.25, 0.3) is 0 Å². The number of rotatable bonds is 4. The first-order chi connectivity index (χ1) is 8.06. The standard InChI is InChI=1S/C11H22N6/c1-5-9-10(7-17(4)16-9)14-11(15-12)13-6-8(2)3/h7-8H,5-6,12H2,1-4H3,(H2,13,14,15). The van der Waals surface area contributed by atoms with E-state index in [4.69, 9.17) is 5.84 Å². The second kappa shape index (κ2) is 6.24. The lowest BCUT2D eigenvalue weighted by atomic mass is 10.2. The molecule has 96 valence electrons. The summed E-state index contributed by atoms with van der Waals surface area (Å²) in [6.45, 7) is 7.01. The lowest BCUT2D eigenvalue weighted by Crippen LogP contribution is -2.36. The van der Waals surface area contributed by atoms with Gasteiger partial charge in [-0.25, -0.2) is 5.84 Å². The van der Waals surface area contributed by atoms with Gasteiger partial charge in [0.05, 0.1) is 11.4 Å². The number of nitrogens with one attached hydrogen (secondary N) is 2. The highest BCUT2D eigenvalue weighted by molar-refractivity contribution is 5.93. The molecule has 0 atom stereocenters. The summed E-state index contributed by atoms with van der Waals surface area (Å²) in [6.07, 6.45) is 2.78. The van der Waals surface area contributed by atoms with E-state index in [-0.39, 0.29) is 0 Å². The number of hydrogen-bond acceptors (Lipinski definition) is 3. The van der Waals surface area contributed by atoms with Gasteiger partial charge in [0.2, 0.25) is 5.96 Å². The van der Waals surface area contributed by atoms with Crippen LogP contribution in [0.4, 0.5) is 5.69 Å². The molecule has 0 aliphatic carbocycles. The molecule has 0 radical (unpaired) electrons. The van der Waals surface area contributed by atoms with Crippen LogP contribution in [0.15, 0.2) is 11.2 Å². The third-order valence-corrected chi connectivity index (χ3v) is 2.24. The van der Waals surface area contributed by atoms with Gasteiger partial charge in [-0.2, -0.15) is 5.10 Å². The Morgan fingerprint density at radius 3 is 2.82 bits per heavy atom. The SMILES string of the molecule is CCc1nn(C)cc1NC(=NCC(C)C)NN. The van der Waals surface area contributed by atoms with Crippen molar-refractivity contribution < 1.29 is 0 Å². The van der Waals surface area contributed by atoms with Crippen molar-refractivity contribution in [2.45, 2.75) is 27.2 Å². The van der Waals surface area contributed by atoms with E-state index in [9.17, 15) is 0 Å². The quantitative estimate of drug-likeness (QED) is 0.315. The molecule has 0 saturated carbocycles. The Balaban J connectivity index is 2.76. The van der Waals surface area contributed by atoms with Crippen molar-refractivity contribution in [2.75, 3.05) is 11.9 Å². The van der Waals surface area contributed by atoms with Crippen LogP contribution in [-0.2, 0) is 13.5 Å². The van der Waals surface area contributed by atoms with Crippen molar-refractivity contribution in [2.24, 2.45) is 23.8 Å². The normalized spacial score (nSPS) is 12.0. The van der Waals surface area contributed by atoms with Crippen molar-refractivity contribution in [1.82, 2.24) is 15.2 Å². The molecular formula is C11H22N6. The fourth-order valence-electron chi connectivity index (χ4n) is 1.42. The molecule has 1 aromatic heterocycles. The molecule has 0 saturated heterocycles. The second-order valence-corrected chi connectivity index (χ2v) is 4.37. The summed E-state index contributed by atoms with van der Waals surface area (Å²) in [7, 11) is 1.89. The third kappa shape index (κ3) is 4.07. The van der Waals surface area contributed by atoms with Crippen LogP contribution in [0.3, 0.4) is 0 Å². The maximum atomic E-state index is 5.43. The fourth-order valence-corrected chi connectivity index (χ4v) is 1.42. The molecule has 0 spiro atoms. The van der Waals surface area contributed by atoms with E-state index in [2.05, 4.69) is 41.6 Å². The highest BCUT2D eigenvalue weighted by atomic mass is 15.3. The van der Waals surface area contributed by atoms with Crippen LogP contribution in [-0.4, -0.2) is 22.3 Å². The van der Waals surface area contributed by atoms with Crippen LogP contribution in [0.1, 0.15) is 26.5 Å². The third-order valence-electron chi connectivity index (χ3n) is 2.24. The molecular weight excluding hydrogens is 216 g/mol. The number of anilines is 1. The maximum absolute atomic E-state index is 5.43. The van der Waals surface area contributed by atoms with Gasteiger partial charge >= 0.3 is 0 Å². The number of hydrazine groups is 1. The smallest absolute Gasteiger partial charge is 0.210 e. The zero-order valence-corrected chi connectivity index (χ0v) is 11.0. The fraction of sp³-hybridized carbons (Fsp3) is 0.636. The van der Waals surface area contributed by atoms with Gasteiger partial charge in [0.1, 0.15) is 0 Å². The van der Waals surface area contributed by atoms with Gasteiger partial charge in [-0.05, 0) is 12.3 Å². The summed E-state index contributed by atoms with van der Waals surface area (Å²) < 4.78 is 1.78. The average Bonchev–Trinajstić information content (AvgIpc) is 2.64. The molecule has 6 heteroatoms. The summed E-state index contributed by atoms with van der Waals surface area (Å²) in [6, 6.07) is 0. The number of nitrogens with two attached hydrogens (primary N) is 1. The Kier molecular flexibility index (Phi) is 4.96. The summed E-state index contributed by atoms with van der Waals surface area (Å²) in [5, 5.41) is 7.50. The molecule has 0 unspecified atom stereocenters. The van der Waals surface area contributed by atoms with E-state index >= 15 is 0 Å². The van der Waals surface area contributed by atoms with E-state index in [0.717, 1.165) is 24.3 Å². The lowest BCUT2D eigenvalue weighted by Gasteiger charge is -2.09. The van der Waals surface area contributed by atoms with E-state index in [1.54, 1.807) is 4.68 Å². The van der Waals surface area contributed by atoms with Crippen molar-refractivity contribution in [3.8, 4) is 0 Å². The van der Waals surface area contributed by atoms with Crippen molar-refractivity contribution in [1.29, 1.82) is 0 Å². The topological polar surface area (TPSA) is 80.3 Å². The van der Waals surface area contributed by atoms with Crippen LogP contribution in [0.2, 0.25) is 0 Å². The van der Waals surface area contributed by atoms with E-state index < -0.39 is 0 Å². The molecule has 6 nitrogen and oxygen atoms in total. The number of guanidine groups is 1. The van der Waals surface area contributed by atoms with Crippen LogP contribution >= 0.6 is 0 Å². The van der Waals surface area contributed by atoms with Crippen molar-refractivity contribution >= 4 is 11.6 Å². The highest BCUT2D eigenvalue weighted by Crippen LogP contribution is 2.13. The molecule has 4 N–H and O–H groups in total. The minimum atomic E-state index is 0.500. The Labute approximate surface area is 102 Å². The summed E-state index contributed by atoms with van der Waals surface area (Å²) in [5.74, 6) is 6.51. The second-order valence-electron chi connectivity index (χ2n) is 4.37. The molecule has 0 aliphatic rings. The Hall–Kier alpha value is -1.56. The number of aliphatic imine (C=N–C) groups is 1. The van der Waals surface area contributed by atoms with Gasteiger partial charge in [-0.1, -0.05) is 20.8 Å². The first kappa shape index (κ1) is 13.5. The molecule has 0 aromatic carbocycles. The number of aromatic nitrogens is 2. The van der Waals surface area contributed by atoms with E-state index in [1.165, 1.54) is 0 Å². The lowest BCUT2D eigenvalue weighted by molar-refractivity contribution is 0.663. The van der Waals surface area contributed by atoms with Gasteiger partial charge in [0.25, 0.3) is 0 Å². The monoisotopic (exact) mass is 238 g/mol. The maximum Gasteiger partial charge on any atom is 0.210 e. The molecule has 1 rings (SSSR count). The summed E-state index contributed by atoms with van der Waals surface area (Å²) in [5.41, 5.74) is 4.51. The minimum absolute atomic E-state index is 0.500. The molecule has 1 heterocycles. The molecule has 0 aliphatic heterocycles. The average molecular weight is 238 g/mol. The van der Waals surface area contributed by atoms with Gasteiger partial charge in [0, 0.05) is 19.8 Å². The van der Waals surface area contributed by atoms with Gasteiger partial charge in [-0.3, -0.25) is 15.1 Å². The predicted octanol–water partition coefficient (Wildman–Crippen LogP) is 0.870. The van der Waals surface area contributed by atoms with Crippen LogP contribution in [0.5, 0.6) is 0 Å². The minimum Gasteiger partial charge on any atom is -0.322 e. The number of hydrogen-bond donors (Lipinski definition) is 3. The molecule has 17 heavy (non-hydrogen) atoms. The Bertz CT molecular complexity index is 379. The van der Waals surface area contributed by atoms with Gasteiger partial charge in [0.15, 0.2) is 0 Å². The Morgan fingerprint density at radius 1 is 1.59 bits per heavy atom. The summed E-state index contributed by atoms with van der Waals surface area (Å²) >= 11 is 0. The first-order valence-corrected chi connectivity index (χ1v) is 5.87. The zero-order chi connectivity index (χ0) is 12.8. The summed E-state index contributed by atoms with van der Waals surface area (Å²) in [4.78, 5) is 4.35. The van der Waals surface area contributed by atoms with Crippen molar-refractivity contribution in [3.05, 3.63) is 11.9 Å². The largest absolute Gasteiger partial charge is 0.322 e. The molecule has 1 aromatic rings. The van der Waals surface area contributed by atoms with Crippen LogP contribution < -0.4 is 16.6 Å². The highest BCUT2D eigenvalue weighted by Gasteiger charge is 2.07. The molecule has 0 bridgehead atoms. The molecule has 0 fully saturated rings. The van der Waals surface area contributed by atoms with Gasteiger partial charge in [-0.15, -0.1) is 0 Å². The predicted molar refractivity (Wildman–Crippen MR) is 70.7 cm³/mol. The van der Waals surface area contributed by atoms with Crippen LogP contribution in [0, 0.1) is 5.92 Å². The van der Waals surface area contributed by atoms with E-state index in [1.807, 2.05) is 13.2 Å². The molecule has 0 amide bonds. The van der Waals surface area contributed by atoms with Crippen molar-refractivity contribution in [3.63, 3.8) is 0 Å². The first-order valence-electron chi connectivity index (χ1n) is 5.87. The zero-order valence-electron chi connectivity index (χ0n) is 11.0. The Morgan fingerprint density at radius 2 is 2.29 bits per heavy atom. The van der Waals surface area contributed by atoms with Gasteiger partial charge < -0.3 is 5.32 Å².